The van der Waals surface area contributed by atoms with Crippen LogP contribution in [0.15, 0.2) is 48.8 Å². The number of para-hydroxylation sites is 1. The molecule has 27 heavy (non-hydrogen) atoms. The minimum Gasteiger partial charge on any atom is -0.333 e. The number of nitrogens with one attached hydrogen (secondary N) is 1. The van der Waals surface area contributed by atoms with Gasteiger partial charge in [-0.2, -0.15) is 0 Å². The van der Waals surface area contributed by atoms with E-state index < -0.39 is 4.92 Å². The SMILES string of the molecule is O=[N+]([O-])c1c(Nc2ccc(Cl)cc2Cl)ncnc1N1CCc2ccccc21. The van der Waals surface area contributed by atoms with E-state index in [1.807, 2.05) is 29.2 Å². The zero-order valence-corrected chi connectivity index (χ0v) is 15.4. The highest BCUT2D eigenvalue weighted by Gasteiger charge is 2.31. The summed E-state index contributed by atoms with van der Waals surface area (Å²) in [6.07, 6.45) is 2.10. The van der Waals surface area contributed by atoms with Crippen LogP contribution in [0.4, 0.5) is 28.7 Å². The number of fused-ring (bicyclic) bond motifs is 1. The molecule has 4 rings (SSSR count). The summed E-state index contributed by atoms with van der Waals surface area (Å²) in [5, 5.41) is 15.6. The van der Waals surface area contributed by atoms with Crippen LogP contribution in [0.25, 0.3) is 0 Å². The molecule has 0 aliphatic carbocycles. The van der Waals surface area contributed by atoms with Crippen LogP contribution < -0.4 is 10.2 Å². The normalized spacial score (nSPS) is 12.7. The Kier molecular flexibility index (Phi) is 4.55. The van der Waals surface area contributed by atoms with Crippen molar-refractivity contribution in [3.63, 3.8) is 0 Å². The van der Waals surface area contributed by atoms with Crippen molar-refractivity contribution in [3.05, 3.63) is 74.5 Å². The first-order valence-corrected chi connectivity index (χ1v) is 8.87. The van der Waals surface area contributed by atoms with E-state index in [1.165, 1.54) is 6.33 Å². The highest BCUT2D eigenvalue weighted by atomic mass is 35.5. The molecule has 9 heteroatoms. The summed E-state index contributed by atoms with van der Waals surface area (Å²) in [7, 11) is 0. The van der Waals surface area contributed by atoms with Crippen molar-refractivity contribution in [2.45, 2.75) is 6.42 Å². The van der Waals surface area contributed by atoms with Crippen LogP contribution in [0.5, 0.6) is 0 Å². The lowest BCUT2D eigenvalue weighted by molar-refractivity contribution is -0.383. The van der Waals surface area contributed by atoms with Gasteiger partial charge in [-0.3, -0.25) is 10.1 Å². The quantitative estimate of drug-likeness (QED) is 0.481. The summed E-state index contributed by atoms with van der Waals surface area (Å²) < 4.78 is 0. The van der Waals surface area contributed by atoms with E-state index in [2.05, 4.69) is 15.3 Å². The molecule has 0 spiro atoms. The molecule has 1 aromatic heterocycles. The van der Waals surface area contributed by atoms with Crippen molar-refractivity contribution in [1.82, 2.24) is 9.97 Å². The fraction of sp³-hybridized carbons (Fsp3) is 0.111. The van der Waals surface area contributed by atoms with Crippen LogP contribution in [-0.4, -0.2) is 21.4 Å². The predicted molar refractivity (Wildman–Crippen MR) is 106 cm³/mol. The number of aromatic nitrogens is 2. The third-order valence-corrected chi connectivity index (χ3v) is 4.86. The van der Waals surface area contributed by atoms with E-state index in [0.29, 0.717) is 22.3 Å². The van der Waals surface area contributed by atoms with Crippen molar-refractivity contribution in [1.29, 1.82) is 0 Å². The predicted octanol–water partition coefficient (Wildman–Crippen LogP) is 5.13. The Bertz CT molecular complexity index is 1040. The van der Waals surface area contributed by atoms with E-state index in [1.54, 1.807) is 18.2 Å². The van der Waals surface area contributed by atoms with Gasteiger partial charge in [-0.05, 0) is 36.2 Å². The Balaban J connectivity index is 1.79. The second-order valence-electron chi connectivity index (χ2n) is 5.93. The van der Waals surface area contributed by atoms with E-state index in [0.717, 1.165) is 17.7 Å². The number of nitrogens with zero attached hydrogens (tertiary/aromatic N) is 4. The maximum atomic E-state index is 11.8. The largest absolute Gasteiger partial charge is 0.354 e. The molecule has 0 bridgehead atoms. The number of hydrogen-bond acceptors (Lipinski definition) is 6. The summed E-state index contributed by atoms with van der Waals surface area (Å²) in [5.41, 5.74) is 2.30. The fourth-order valence-corrected chi connectivity index (χ4v) is 3.56. The monoisotopic (exact) mass is 401 g/mol. The Morgan fingerprint density at radius 1 is 1.15 bits per heavy atom. The smallest absolute Gasteiger partial charge is 0.333 e. The standard InChI is InChI=1S/C18H13Cl2N5O2/c19-12-5-6-14(13(20)9-12)23-17-16(25(26)27)18(22-10-21-17)24-8-7-11-3-1-2-4-15(11)24/h1-6,9-10H,7-8H2,(H,21,22,23). The van der Waals surface area contributed by atoms with Crippen molar-refractivity contribution in [2.24, 2.45) is 0 Å². The molecule has 0 saturated carbocycles. The zero-order valence-electron chi connectivity index (χ0n) is 13.9. The lowest BCUT2D eigenvalue weighted by atomic mass is 10.2. The Hall–Kier alpha value is -2.90. The number of hydrogen-bond donors (Lipinski definition) is 1. The number of nitro groups is 1. The Morgan fingerprint density at radius 3 is 2.74 bits per heavy atom. The van der Waals surface area contributed by atoms with Crippen molar-refractivity contribution in [2.75, 3.05) is 16.8 Å². The van der Waals surface area contributed by atoms with E-state index in [4.69, 9.17) is 23.2 Å². The molecule has 0 unspecified atom stereocenters. The van der Waals surface area contributed by atoms with Gasteiger partial charge in [0.15, 0.2) is 0 Å². The first kappa shape index (κ1) is 17.5. The molecule has 0 atom stereocenters. The Labute approximate surface area is 164 Å². The second kappa shape index (κ2) is 7.02. The lowest BCUT2D eigenvalue weighted by Gasteiger charge is -2.19. The van der Waals surface area contributed by atoms with Crippen LogP contribution in [0.1, 0.15) is 5.56 Å². The van der Waals surface area contributed by atoms with Gasteiger partial charge in [-0.25, -0.2) is 9.97 Å². The van der Waals surface area contributed by atoms with Gasteiger partial charge in [0.25, 0.3) is 0 Å². The molecule has 3 aromatic rings. The van der Waals surface area contributed by atoms with Crippen LogP contribution in [-0.2, 0) is 6.42 Å². The van der Waals surface area contributed by atoms with Gasteiger partial charge in [-0.15, -0.1) is 0 Å². The fourth-order valence-electron chi connectivity index (χ4n) is 3.10. The van der Waals surface area contributed by atoms with E-state index in [9.17, 15) is 10.1 Å². The van der Waals surface area contributed by atoms with Gasteiger partial charge in [0.2, 0.25) is 11.6 Å². The van der Waals surface area contributed by atoms with Crippen LogP contribution in [0, 0.1) is 10.1 Å². The molecular formula is C18H13Cl2N5O2. The van der Waals surface area contributed by atoms with Crippen molar-refractivity contribution >= 4 is 51.9 Å². The second-order valence-corrected chi connectivity index (χ2v) is 6.77. The summed E-state index contributed by atoms with van der Waals surface area (Å²) >= 11 is 12.1. The topological polar surface area (TPSA) is 84.2 Å². The maximum Gasteiger partial charge on any atom is 0.354 e. The minimum absolute atomic E-state index is 0.0682. The molecule has 2 aromatic carbocycles. The van der Waals surface area contributed by atoms with Crippen molar-refractivity contribution in [3.8, 4) is 0 Å². The molecule has 7 nitrogen and oxygen atoms in total. The van der Waals surface area contributed by atoms with Gasteiger partial charge < -0.3 is 10.2 Å². The highest BCUT2D eigenvalue weighted by molar-refractivity contribution is 6.36. The maximum absolute atomic E-state index is 11.8. The van der Waals surface area contributed by atoms with Gasteiger partial charge in [0.05, 0.1) is 15.6 Å². The Morgan fingerprint density at radius 2 is 1.96 bits per heavy atom. The summed E-state index contributed by atoms with van der Waals surface area (Å²) in [6.45, 7) is 0.609. The third-order valence-electron chi connectivity index (χ3n) is 4.31. The van der Waals surface area contributed by atoms with E-state index in [-0.39, 0.29) is 17.3 Å². The number of halogens is 2. The molecule has 0 radical (unpaired) electrons. The highest BCUT2D eigenvalue weighted by Crippen LogP contribution is 2.41. The van der Waals surface area contributed by atoms with Gasteiger partial charge in [-0.1, -0.05) is 41.4 Å². The first-order valence-electron chi connectivity index (χ1n) is 8.11. The van der Waals surface area contributed by atoms with Gasteiger partial charge >= 0.3 is 5.69 Å². The third kappa shape index (κ3) is 3.27. The van der Waals surface area contributed by atoms with Crippen LogP contribution >= 0.6 is 23.2 Å². The molecule has 136 valence electrons. The molecule has 2 heterocycles. The summed E-state index contributed by atoms with van der Waals surface area (Å²) in [6, 6.07) is 12.6. The van der Waals surface area contributed by atoms with Gasteiger partial charge in [0.1, 0.15) is 6.33 Å². The minimum atomic E-state index is -0.484. The molecule has 1 aliphatic heterocycles. The number of anilines is 4. The van der Waals surface area contributed by atoms with Crippen LogP contribution in [0.2, 0.25) is 10.0 Å². The summed E-state index contributed by atoms with van der Waals surface area (Å²) in [4.78, 5) is 21.5. The molecule has 0 amide bonds. The number of rotatable bonds is 4. The zero-order chi connectivity index (χ0) is 19.0. The average molecular weight is 402 g/mol. The van der Waals surface area contributed by atoms with Gasteiger partial charge in [0, 0.05) is 17.3 Å². The molecule has 1 aliphatic rings. The first-order chi connectivity index (χ1) is 13.0. The van der Waals surface area contributed by atoms with Crippen LogP contribution in [0.3, 0.4) is 0 Å². The summed E-state index contributed by atoms with van der Waals surface area (Å²) in [5.74, 6) is 0.311. The average Bonchev–Trinajstić information content (AvgIpc) is 3.07. The molecule has 0 saturated heterocycles. The number of benzene rings is 2. The molecular weight excluding hydrogens is 389 g/mol. The molecule has 0 fully saturated rings. The molecule has 1 N–H and O–H groups in total. The lowest BCUT2D eigenvalue weighted by Crippen LogP contribution is -2.17. The van der Waals surface area contributed by atoms with Crippen molar-refractivity contribution < 1.29 is 4.92 Å². The van der Waals surface area contributed by atoms with E-state index >= 15 is 0 Å².